The van der Waals surface area contributed by atoms with Gasteiger partial charge in [0.25, 0.3) is 0 Å². The highest BCUT2D eigenvalue weighted by atomic mass is 35.7. The molecule has 0 atom stereocenters. The van der Waals surface area contributed by atoms with Crippen molar-refractivity contribution in [1.29, 1.82) is 0 Å². The van der Waals surface area contributed by atoms with Gasteiger partial charge in [-0.3, -0.25) is 28.7 Å². The van der Waals surface area contributed by atoms with Gasteiger partial charge >= 0.3 is 19.6 Å². The van der Waals surface area contributed by atoms with E-state index in [1.54, 1.807) is 77.7 Å². The largest absolute Gasteiger partial charge is 0.353 e. The molecule has 0 aliphatic carbocycles. The minimum Gasteiger partial charge on any atom is -0.329 e. The first-order valence-corrected chi connectivity index (χ1v) is 20.2. The van der Waals surface area contributed by atoms with Gasteiger partial charge in [-0.25, -0.2) is 8.78 Å². The van der Waals surface area contributed by atoms with Crippen LogP contribution in [0, 0.1) is 11.6 Å². The fourth-order valence-electron chi connectivity index (χ4n) is 5.44. The number of carbonyl (C=O) groups is 2. The van der Waals surface area contributed by atoms with Gasteiger partial charge in [-0.15, -0.1) is 24.8 Å². The van der Waals surface area contributed by atoms with Crippen LogP contribution in [-0.2, 0) is 29.2 Å². The minimum absolute atomic E-state index is 0. The maximum Gasteiger partial charge on any atom is 0.353 e. The molecule has 14 nitrogen and oxygen atoms in total. The van der Waals surface area contributed by atoms with Crippen molar-refractivity contribution in [2.75, 3.05) is 49.1 Å². The summed E-state index contributed by atoms with van der Waals surface area (Å²) in [5.41, 5.74) is 9.03. The van der Waals surface area contributed by atoms with Crippen LogP contribution < -0.4 is 20.3 Å². The summed E-state index contributed by atoms with van der Waals surface area (Å²) in [5, 5.41) is 0.873. The van der Waals surface area contributed by atoms with Crippen LogP contribution >= 0.6 is 58.7 Å². The highest BCUT2D eigenvalue weighted by Gasteiger charge is 2.28. The molecule has 4 aromatic rings. The Labute approximate surface area is 353 Å². The Balaban J connectivity index is 0.000000344. The molecule has 308 valence electrons. The molecule has 57 heavy (non-hydrogen) atoms. The number of nitrogens with zero attached hydrogens (tertiary/aromatic N) is 4. The Morgan fingerprint density at radius 3 is 1.44 bits per heavy atom. The van der Waals surface area contributed by atoms with Gasteiger partial charge in [0.15, 0.2) is 0 Å². The summed E-state index contributed by atoms with van der Waals surface area (Å²) in [6, 6.07) is 22.3. The number of anilines is 2. The Hall–Kier alpha value is -3.79. The zero-order chi connectivity index (χ0) is 40.5. The van der Waals surface area contributed by atoms with Gasteiger partial charge in [0.05, 0.1) is 22.8 Å². The van der Waals surface area contributed by atoms with Crippen molar-refractivity contribution in [3.05, 3.63) is 129 Å². The number of benzene rings is 4. The number of amides is 2. The van der Waals surface area contributed by atoms with Gasteiger partial charge in [0, 0.05) is 69.2 Å². The highest BCUT2D eigenvalue weighted by Crippen LogP contribution is 2.31. The SMILES string of the molecule is Cl.Cl.NCCN1C(=O)CN=C(c2ccccc2F)c2cc(Cl)ccc21.O=C1CN=C(c2ccccc2F)c2cc(Cl)ccc2N1CCNS(=O)(=O)O.O=S(=O)(O)Cl. The Kier molecular flexibility index (Phi) is 18.9. The van der Waals surface area contributed by atoms with E-state index >= 15 is 0 Å². The maximum absolute atomic E-state index is 14.3. The van der Waals surface area contributed by atoms with Crippen molar-refractivity contribution in [3.8, 4) is 0 Å². The molecule has 23 heteroatoms. The number of hydrogen-bond acceptors (Lipinski definition) is 9. The summed E-state index contributed by atoms with van der Waals surface area (Å²) in [6.07, 6.45) is 0. The fraction of sp³-hybridized carbons (Fsp3) is 0.176. The molecule has 2 aliphatic rings. The van der Waals surface area contributed by atoms with Crippen LogP contribution in [0.2, 0.25) is 10.0 Å². The summed E-state index contributed by atoms with van der Waals surface area (Å²) in [6.45, 7) is 0.128. The molecule has 0 fully saturated rings. The van der Waals surface area contributed by atoms with Gasteiger partial charge in [-0.1, -0.05) is 47.5 Å². The lowest BCUT2D eigenvalue weighted by atomic mass is 9.99. The summed E-state index contributed by atoms with van der Waals surface area (Å²) < 4.78 is 86.1. The van der Waals surface area contributed by atoms with Crippen molar-refractivity contribution in [1.82, 2.24) is 4.72 Å². The highest BCUT2D eigenvalue weighted by molar-refractivity contribution is 8.09. The molecule has 0 saturated heterocycles. The van der Waals surface area contributed by atoms with E-state index in [2.05, 4.69) is 20.7 Å². The number of aliphatic imine (C=N–C) groups is 2. The summed E-state index contributed by atoms with van der Waals surface area (Å²) in [4.78, 5) is 36.4. The predicted octanol–water partition coefficient (Wildman–Crippen LogP) is 5.55. The van der Waals surface area contributed by atoms with E-state index in [1.165, 1.54) is 17.0 Å². The Morgan fingerprint density at radius 1 is 0.684 bits per heavy atom. The number of nitrogens with two attached hydrogens (primary N) is 1. The molecule has 0 bridgehead atoms. The van der Waals surface area contributed by atoms with E-state index in [0.717, 1.165) is 0 Å². The van der Waals surface area contributed by atoms with Crippen LogP contribution in [0.3, 0.4) is 0 Å². The summed E-state index contributed by atoms with van der Waals surface area (Å²) in [7, 11) is -4.52. The third-order valence-corrected chi connectivity index (χ3v) is 8.63. The first kappa shape index (κ1) is 49.4. The lowest BCUT2D eigenvalue weighted by molar-refractivity contribution is -0.118. The third-order valence-electron chi connectivity index (χ3n) is 7.59. The molecule has 5 N–H and O–H groups in total. The van der Waals surface area contributed by atoms with E-state index in [0.29, 0.717) is 56.9 Å². The smallest absolute Gasteiger partial charge is 0.329 e. The molecule has 0 spiro atoms. The quantitative estimate of drug-likeness (QED) is 0.129. The van der Waals surface area contributed by atoms with Gasteiger partial charge in [0.2, 0.25) is 11.8 Å². The zero-order valence-electron chi connectivity index (χ0n) is 29.1. The van der Waals surface area contributed by atoms with E-state index in [-0.39, 0.29) is 68.2 Å². The first-order chi connectivity index (χ1) is 25.9. The Bertz CT molecular complexity index is 2370. The predicted molar refractivity (Wildman–Crippen MR) is 222 cm³/mol. The van der Waals surface area contributed by atoms with Crippen molar-refractivity contribution in [3.63, 3.8) is 0 Å². The molecular formula is C34H33Cl5F2N6O8S2. The van der Waals surface area contributed by atoms with Crippen LogP contribution in [0.1, 0.15) is 22.3 Å². The van der Waals surface area contributed by atoms with Crippen molar-refractivity contribution in [2.45, 2.75) is 0 Å². The second-order valence-electron chi connectivity index (χ2n) is 11.3. The molecule has 0 saturated carbocycles. The van der Waals surface area contributed by atoms with Crippen molar-refractivity contribution < 1.29 is 44.3 Å². The molecular weight excluding hydrogens is 900 g/mol. The van der Waals surface area contributed by atoms with E-state index in [1.807, 2.05) is 4.72 Å². The van der Waals surface area contributed by atoms with Gasteiger partial charge < -0.3 is 15.5 Å². The molecule has 2 heterocycles. The van der Waals surface area contributed by atoms with Crippen LogP contribution in [0.25, 0.3) is 0 Å². The fourth-order valence-corrected chi connectivity index (χ4v) is 6.14. The second-order valence-corrected chi connectivity index (χ2v) is 15.4. The molecule has 6 rings (SSSR count). The van der Waals surface area contributed by atoms with Crippen molar-refractivity contribution >= 4 is 113 Å². The van der Waals surface area contributed by atoms with E-state index in [9.17, 15) is 26.8 Å². The molecule has 0 unspecified atom stereocenters. The summed E-state index contributed by atoms with van der Waals surface area (Å²) >= 11 is 12.2. The van der Waals surface area contributed by atoms with Gasteiger partial charge in [-0.05, 0) is 60.7 Å². The van der Waals surface area contributed by atoms with Crippen LogP contribution in [-0.4, -0.2) is 88.4 Å². The normalized spacial score (nSPS) is 13.7. The number of carbonyl (C=O) groups excluding carboxylic acids is 2. The van der Waals surface area contributed by atoms with Crippen LogP contribution in [0.15, 0.2) is 94.9 Å². The molecule has 0 radical (unpaired) electrons. The number of benzodiazepines with no additional fused rings is 2. The topological polar surface area (TPSA) is 212 Å². The van der Waals surface area contributed by atoms with E-state index < -0.39 is 37.2 Å². The number of nitrogens with one attached hydrogen (secondary N) is 1. The number of halogens is 7. The number of rotatable bonds is 8. The van der Waals surface area contributed by atoms with Gasteiger partial charge in [0.1, 0.15) is 24.7 Å². The van der Waals surface area contributed by atoms with E-state index in [4.69, 9.17) is 46.5 Å². The lowest BCUT2D eigenvalue weighted by Crippen LogP contribution is -2.39. The zero-order valence-corrected chi connectivity index (χ0v) is 34.6. The van der Waals surface area contributed by atoms with Crippen LogP contribution in [0.5, 0.6) is 0 Å². The first-order valence-electron chi connectivity index (χ1n) is 15.8. The standard InChI is InChI=1S/C17H15ClFN3O4S.C17H15ClFN3O.ClHO3S.2ClH/c18-11-5-6-15-13(9-11)17(12-3-1-2-4-14(12)19)20-10-16(23)22(15)8-7-21-27(24,25)26;18-11-5-6-15-13(9-11)17(12-3-1-2-4-14(12)19)21-10-16(23)22(15)8-7-20;1-5(2,3)4;;/h1-6,9,21H,7-8,10H2,(H,24,25,26);1-6,9H,7-8,10,20H2;(H,2,3,4);2*1H. The molecule has 0 aromatic heterocycles. The van der Waals surface area contributed by atoms with Crippen molar-refractivity contribution in [2.24, 2.45) is 15.7 Å². The molecule has 2 amide bonds. The molecule has 2 aliphatic heterocycles. The third kappa shape index (κ3) is 14.2. The average Bonchev–Trinajstić information content (AvgIpc) is 3.31. The van der Waals surface area contributed by atoms with Gasteiger partial charge in [-0.2, -0.15) is 21.6 Å². The second kappa shape index (κ2) is 21.8. The Morgan fingerprint density at radius 2 is 1.07 bits per heavy atom. The average molecular weight is 933 g/mol. The number of fused-ring (bicyclic) bond motifs is 2. The summed E-state index contributed by atoms with van der Waals surface area (Å²) in [5.74, 6) is -1.46. The molecule has 4 aromatic carbocycles. The minimum atomic E-state index is -4.38. The maximum atomic E-state index is 14.3. The lowest BCUT2D eigenvalue weighted by Gasteiger charge is -2.23. The number of hydrogen-bond donors (Lipinski definition) is 4. The monoisotopic (exact) mass is 930 g/mol. The van der Waals surface area contributed by atoms with Crippen LogP contribution in [0.4, 0.5) is 20.2 Å².